The Hall–Kier alpha value is -1.81. The van der Waals surface area contributed by atoms with Gasteiger partial charge in [0, 0.05) is 9.79 Å². The molecule has 2 rings (SSSR count). The van der Waals surface area contributed by atoms with Crippen LogP contribution in [0.25, 0.3) is 0 Å². The van der Waals surface area contributed by atoms with Crippen LogP contribution in [-0.4, -0.2) is 12.2 Å². The van der Waals surface area contributed by atoms with Gasteiger partial charge in [-0.25, -0.2) is 0 Å². The lowest BCUT2D eigenvalue weighted by Crippen LogP contribution is -1.91. The number of benzene rings is 2. The average Bonchev–Trinajstić information content (AvgIpc) is 2.34. The van der Waals surface area contributed by atoms with Gasteiger partial charge >= 0.3 is 0 Å². The molecule has 0 atom stereocenters. The van der Waals surface area contributed by atoms with E-state index in [9.17, 15) is 5.11 Å². The number of rotatable bonds is 3. The van der Waals surface area contributed by atoms with Crippen LogP contribution in [0.1, 0.15) is 0 Å². The fourth-order valence-electron chi connectivity index (χ4n) is 1.41. The summed E-state index contributed by atoms with van der Waals surface area (Å²) in [7, 11) is 1.60. The van der Waals surface area contributed by atoms with E-state index in [-0.39, 0.29) is 5.75 Å². The van der Waals surface area contributed by atoms with E-state index in [0.29, 0.717) is 11.4 Å². The zero-order valence-corrected chi connectivity index (χ0v) is 10.2. The molecule has 0 bridgehead atoms. The van der Waals surface area contributed by atoms with Crippen molar-refractivity contribution in [3.63, 3.8) is 0 Å². The second kappa shape index (κ2) is 5.01. The largest absolute Gasteiger partial charge is 0.508 e. The lowest BCUT2D eigenvalue weighted by molar-refractivity contribution is 0.416. The van der Waals surface area contributed by atoms with Gasteiger partial charge in [-0.2, -0.15) is 0 Å². The zero-order chi connectivity index (χ0) is 12.3. The summed E-state index contributed by atoms with van der Waals surface area (Å²) in [6, 6.07) is 12.7. The molecule has 0 saturated carbocycles. The molecular weight excluding hydrogens is 234 g/mol. The summed E-state index contributed by atoms with van der Waals surface area (Å²) in [6.07, 6.45) is 0. The lowest BCUT2D eigenvalue weighted by atomic mass is 10.3. The van der Waals surface area contributed by atoms with Crippen LogP contribution in [0.15, 0.2) is 52.3 Å². The summed E-state index contributed by atoms with van der Waals surface area (Å²) in [4.78, 5) is 2.09. The van der Waals surface area contributed by atoms with Gasteiger partial charge in [0.25, 0.3) is 0 Å². The number of ether oxygens (including phenoxy) is 1. The highest BCUT2D eigenvalue weighted by Crippen LogP contribution is 2.33. The first-order valence-corrected chi connectivity index (χ1v) is 5.91. The van der Waals surface area contributed by atoms with E-state index in [1.165, 1.54) is 0 Å². The Morgan fingerprint density at radius 2 is 1.71 bits per heavy atom. The number of hydrogen-bond acceptors (Lipinski definition) is 4. The Bertz CT molecular complexity index is 511. The minimum absolute atomic E-state index is 0.268. The molecule has 0 aliphatic rings. The first-order valence-electron chi connectivity index (χ1n) is 5.09. The van der Waals surface area contributed by atoms with Crippen molar-refractivity contribution in [3.05, 3.63) is 42.5 Å². The SMILES string of the molecule is COc1cc(Sc2ccc(O)cc2)ccc1N. The normalized spacial score (nSPS) is 10.2. The maximum atomic E-state index is 9.20. The van der Waals surface area contributed by atoms with Crippen molar-refractivity contribution < 1.29 is 9.84 Å². The molecule has 0 amide bonds. The number of anilines is 1. The summed E-state index contributed by atoms with van der Waals surface area (Å²) in [5.41, 5.74) is 6.37. The fraction of sp³-hybridized carbons (Fsp3) is 0.0769. The molecule has 2 aromatic rings. The molecule has 2 aromatic carbocycles. The molecule has 0 aromatic heterocycles. The van der Waals surface area contributed by atoms with Gasteiger partial charge in [0.05, 0.1) is 12.8 Å². The number of nitrogen functional groups attached to an aromatic ring is 1. The van der Waals surface area contributed by atoms with Crippen molar-refractivity contribution in [3.8, 4) is 11.5 Å². The van der Waals surface area contributed by atoms with Crippen LogP contribution in [0.5, 0.6) is 11.5 Å². The highest BCUT2D eigenvalue weighted by atomic mass is 32.2. The third-order valence-corrected chi connectivity index (χ3v) is 3.27. The van der Waals surface area contributed by atoms with Gasteiger partial charge in [0.2, 0.25) is 0 Å². The van der Waals surface area contributed by atoms with Gasteiger partial charge in [-0.3, -0.25) is 0 Å². The molecule has 3 N–H and O–H groups in total. The van der Waals surface area contributed by atoms with Crippen LogP contribution in [0.3, 0.4) is 0 Å². The molecule has 0 saturated heterocycles. The van der Waals surface area contributed by atoms with Crippen molar-refractivity contribution in [1.29, 1.82) is 0 Å². The average molecular weight is 247 g/mol. The smallest absolute Gasteiger partial charge is 0.142 e. The highest BCUT2D eigenvalue weighted by Gasteiger charge is 2.03. The van der Waals surface area contributed by atoms with Crippen LogP contribution in [-0.2, 0) is 0 Å². The molecular formula is C13H13NO2S. The quantitative estimate of drug-likeness (QED) is 0.818. The van der Waals surface area contributed by atoms with Crippen LogP contribution in [0.2, 0.25) is 0 Å². The second-order valence-electron chi connectivity index (χ2n) is 3.50. The number of nitrogens with two attached hydrogens (primary N) is 1. The summed E-state index contributed by atoms with van der Waals surface area (Å²) in [5.74, 6) is 0.943. The van der Waals surface area contributed by atoms with Gasteiger partial charge in [-0.1, -0.05) is 11.8 Å². The number of methoxy groups -OCH3 is 1. The number of hydrogen-bond donors (Lipinski definition) is 2. The van der Waals surface area contributed by atoms with Gasteiger partial charge in [0.15, 0.2) is 0 Å². The summed E-state index contributed by atoms with van der Waals surface area (Å²) in [6.45, 7) is 0. The first kappa shape index (κ1) is 11.7. The van der Waals surface area contributed by atoms with Crippen molar-refractivity contribution in [1.82, 2.24) is 0 Å². The Labute approximate surface area is 104 Å². The molecule has 0 aliphatic heterocycles. The number of phenolic OH excluding ortho intramolecular Hbond substituents is 1. The van der Waals surface area contributed by atoms with E-state index in [4.69, 9.17) is 10.5 Å². The molecule has 3 nitrogen and oxygen atoms in total. The van der Waals surface area contributed by atoms with Gasteiger partial charge in [-0.05, 0) is 42.5 Å². The Balaban J connectivity index is 2.21. The molecule has 0 radical (unpaired) electrons. The maximum absolute atomic E-state index is 9.20. The highest BCUT2D eigenvalue weighted by molar-refractivity contribution is 7.99. The van der Waals surface area contributed by atoms with Gasteiger partial charge < -0.3 is 15.6 Å². The van der Waals surface area contributed by atoms with Crippen molar-refractivity contribution in [2.24, 2.45) is 0 Å². The maximum Gasteiger partial charge on any atom is 0.142 e. The molecule has 17 heavy (non-hydrogen) atoms. The molecule has 88 valence electrons. The van der Waals surface area contributed by atoms with Crippen LogP contribution in [0.4, 0.5) is 5.69 Å². The Morgan fingerprint density at radius 1 is 1.06 bits per heavy atom. The molecule has 0 heterocycles. The third kappa shape index (κ3) is 2.85. The number of phenols is 1. The molecule has 0 spiro atoms. The fourth-order valence-corrected chi connectivity index (χ4v) is 2.25. The van der Waals surface area contributed by atoms with E-state index in [2.05, 4.69) is 0 Å². The van der Waals surface area contributed by atoms with E-state index in [1.54, 1.807) is 31.0 Å². The molecule has 0 aliphatic carbocycles. The monoisotopic (exact) mass is 247 g/mol. The topological polar surface area (TPSA) is 55.5 Å². The predicted molar refractivity (Wildman–Crippen MR) is 69.6 cm³/mol. The lowest BCUT2D eigenvalue weighted by Gasteiger charge is -2.07. The van der Waals surface area contributed by atoms with Crippen LogP contribution >= 0.6 is 11.8 Å². The van der Waals surface area contributed by atoms with E-state index in [1.807, 2.05) is 30.3 Å². The van der Waals surface area contributed by atoms with E-state index < -0.39 is 0 Å². The zero-order valence-electron chi connectivity index (χ0n) is 9.38. The minimum Gasteiger partial charge on any atom is -0.508 e. The number of aromatic hydroxyl groups is 1. The summed E-state index contributed by atoms with van der Waals surface area (Å²) >= 11 is 1.59. The minimum atomic E-state index is 0.268. The molecule has 0 fully saturated rings. The Morgan fingerprint density at radius 3 is 2.35 bits per heavy atom. The van der Waals surface area contributed by atoms with E-state index in [0.717, 1.165) is 9.79 Å². The Kier molecular flexibility index (Phi) is 3.44. The van der Waals surface area contributed by atoms with Crippen molar-refractivity contribution in [2.45, 2.75) is 9.79 Å². The molecule has 0 unspecified atom stereocenters. The third-order valence-electron chi connectivity index (χ3n) is 2.28. The van der Waals surface area contributed by atoms with Gasteiger partial charge in [-0.15, -0.1) is 0 Å². The first-order chi connectivity index (χ1) is 8.19. The van der Waals surface area contributed by atoms with Crippen molar-refractivity contribution in [2.75, 3.05) is 12.8 Å². The second-order valence-corrected chi connectivity index (χ2v) is 4.65. The van der Waals surface area contributed by atoms with Gasteiger partial charge in [0.1, 0.15) is 11.5 Å². The van der Waals surface area contributed by atoms with E-state index >= 15 is 0 Å². The summed E-state index contributed by atoms with van der Waals surface area (Å²) in [5, 5.41) is 9.20. The predicted octanol–water partition coefficient (Wildman–Crippen LogP) is 3.13. The van der Waals surface area contributed by atoms with Crippen LogP contribution in [0, 0.1) is 0 Å². The summed E-state index contributed by atoms with van der Waals surface area (Å²) < 4.78 is 5.16. The van der Waals surface area contributed by atoms with Crippen LogP contribution < -0.4 is 10.5 Å². The standard InChI is InChI=1S/C13H13NO2S/c1-16-13-8-11(6-7-12(13)14)17-10-4-2-9(15)3-5-10/h2-8,15H,14H2,1H3. The molecule has 4 heteroatoms. The van der Waals surface area contributed by atoms with Crippen molar-refractivity contribution >= 4 is 17.4 Å².